The molecule has 9 heteroatoms. The molecule has 4 aromatic rings. The Morgan fingerprint density at radius 1 is 1.11 bits per heavy atom. The first-order valence-electron chi connectivity index (χ1n) is 12.5. The maximum atomic E-state index is 13.0. The van der Waals surface area contributed by atoms with Gasteiger partial charge in [0.15, 0.2) is 5.82 Å². The molecule has 3 N–H and O–H groups in total. The van der Waals surface area contributed by atoms with Crippen LogP contribution >= 0.6 is 0 Å². The molecule has 2 aromatic heterocycles. The number of esters is 1. The number of anilines is 3. The number of fused-ring (bicyclic) bond motifs is 1. The molecule has 0 radical (unpaired) electrons. The van der Waals surface area contributed by atoms with Crippen LogP contribution in [0.25, 0.3) is 5.52 Å². The largest absolute Gasteiger partial charge is 0.462 e. The standard InChI is InChI=1S/C28H30N6O3/c1-4-37-28(36)24-18(3)25-26(30-16-31-34(25)23(24)15-29-20-8-6-5-7-9-20)33-22-14-19(11-10-17(22)2)27(35)32-21-12-13-21/h5-11,14,16,21,29H,4,12-13,15H2,1-3H3,(H,32,35)(H,30,31,33). The van der Waals surface area contributed by atoms with E-state index in [1.165, 1.54) is 6.33 Å². The fraction of sp³-hybridized carbons (Fsp3) is 0.286. The molecule has 1 aliphatic carbocycles. The predicted octanol–water partition coefficient (Wildman–Crippen LogP) is 4.77. The van der Waals surface area contributed by atoms with Crippen LogP contribution in [0.15, 0.2) is 54.9 Å². The first-order chi connectivity index (χ1) is 18.0. The second-order valence-electron chi connectivity index (χ2n) is 9.16. The lowest BCUT2D eigenvalue weighted by Gasteiger charge is -2.13. The predicted molar refractivity (Wildman–Crippen MR) is 142 cm³/mol. The molecular formula is C28H30N6O3. The molecule has 0 atom stereocenters. The quantitative estimate of drug-likeness (QED) is 0.285. The van der Waals surface area contributed by atoms with Crippen molar-refractivity contribution >= 4 is 34.6 Å². The van der Waals surface area contributed by atoms with E-state index in [9.17, 15) is 9.59 Å². The Kier molecular flexibility index (Phi) is 6.76. The van der Waals surface area contributed by atoms with E-state index in [1.807, 2.05) is 62.4 Å². The van der Waals surface area contributed by atoms with E-state index in [2.05, 4.69) is 26.0 Å². The lowest BCUT2D eigenvalue weighted by Crippen LogP contribution is -2.25. The number of carbonyl (C=O) groups excluding carboxylic acids is 2. The third-order valence-corrected chi connectivity index (χ3v) is 6.44. The van der Waals surface area contributed by atoms with E-state index in [4.69, 9.17) is 4.74 Å². The number of rotatable bonds is 9. The zero-order chi connectivity index (χ0) is 25.9. The maximum Gasteiger partial charge on any atom is 0.340 e. The van der Waals surface area contributed by atoms with Gasteiger partial charge in [-0.25, -0.2) is 14.3 Å². The fourth-order valence-electron chi connectivity index (χ4n) is 4.33. The maximum absolute atomic E-state index is 13.0. The van der Waals surface area contributed by atoms with Gasteiger partial charge in [0.05, 0.1) is 24.4 Å². The highest BCUT2D eigenvalue weighted by atomic mass is 16.5. The molecule has 5 rings (SSSR count). The molecule has 1 saturated carbocycles. The van der Waals surface area contributed by atoms with E-state index in [0.29, 0.717) is 40.3 Å². The van der Waals surface area contributed by atoms with E-state index in [-0.39, 0.29) is 18.6 Å². The number of nitrogens with zero attached hydrogens (tertiary/aromatic N) is 3. The summed E-state index contributed by atoms with van der Waals surface area (Å²) in [6.07, 6.45) is 3.51. The Labute approximate surface area is 215 Å². The zero-order valence-electron chi connectivity index (χ0n) is 21.2. The van der Waals surface area contributed by atoms with Crippen molar-refractivity contribution in [1.82, 2.24) is 19.9 Å². The third-order valence-electron chi connectivity index (χ3n) is 6.44. The van der Waals surface area contributed by atoms with E-state index >= 15 is 0 Å². The molecule has 1 fully saturated rings. The van der Waals surface area contributed by atoms with Gasteiger partial charge in [-0.3, -0.25) is 4.79 Å². The smallest absolute Gasteiger partial charge is 0.340 e. The molecule has 0 unspecified atom stereocenters. The molecule has 1 aliphatic rings. The van der Waals surface area contributed by atoms with Gasteiger partial charge in [0, 0.05) is 23.0 Å². The van der Waals surface area contributed by atoms with Crippen LogP contribution in [0.4, 0.5) is 17.2 Å². The minimum Gasteiger partial charge on any atom is -0.462 e. The van der Waals surface area contributed by atoms with Crippen LogP contribution in [-0.4, -0.2) is 39.1 Å². The Hall–Kier alpha value is -4.40. The first kappa shape index (κ1) is 24.3. The Bertz CT molecular complexity index is 1460. The number of hydrogen-bond donors (Lipinski definition) is 3. The Morgan fingerprint density at radius 2 is 1.89 bits per heavy atom. The lowest BCUT2D eigenvalue weighted by atomic mass is 10.1. The highest BCUT2D eigenvalue weighted by molar-refractivity contribution is 5.98. The summed E-state index contributed by atoms with van der Waals surface area (Å²) in [5.74, 6) is 0.0409. The molecule has 0 bridgehead atoms. The van der Waals surface area contributed by atoms with Crippen molar-refractivity contribution in [2.45, 2.75) is 46.2 Å². The second-order valence-corrected chi connectivity index (χ2v) is 9.16. The molecule has 190 valence electrons. The average Bonchev–Trinajstić information content (AvgIpc) is 3.66. The van der Waals surface area contributed by atoms with Crippen LogP contribution in [0.1, 0.15) is 57.3 Å². The topological polar surface area (TPSA) is 110 Å². The van der Waals surface area contributed by atoms with Gasteiger partial charge in [0.25, 0.3) is 5.91 Å². The van der Waals surface area contributed by atoms with Crippen molar-refractivity contribution in [3.8, 4) is 0 Å². The minimum atomic E-state index is -0.406. The summed E-state index contributed by atoms with van der Waals surface area (Å²) in [6, 6.07) is 15.6. The molecular weight excluding hydrogens is 468 g/mol. The van der Waals surface area contributed by atoms with Crippen LogP contribution in [0, 0.1) is 13.8 Å². The number of amides is 1. The SMILES string of the molecule is CCOC(=O)c1c(C)c2c(Nc3cc(C(=O)NC4CC4)ccc3C)ncnn2c1CNc1ccccc1. The van der Waals surface area contributed by atoms with Gasteiger partial charge in [-0.05, 0) is 69.0 Å². The highest BCUT2D eigenvalue weighted by Gasteiger charge is 2.26. The summed E-state index contributed by atoms with van der Waals surface area (Å²) in [5, 5.41) is 14.3. The lowest BCUT2D eigenvalue weighted by molar-refractivity contribution is 0.0524. The van der Waals surface area contributed by atoms with Gasteiger partial charge in [-0.1, -0.05) is 24.3 Å². The van der Waals surface area contributed by atoms with Crippen LogP contribution in [0.2, 0.25) is 0 Å². The van der Waals surface area contributed by atoms with Gasteiger partial charge in [-0.2, -0.15) is 5.10 Å². The number of hydrogen-bond acceptors (Lipinski definition) is 7. The van der Waals surface area contributed by atoms with E-state index in [0.717, 1.165) is 29.8 Å². The number of benzene rings is 2. The van der Waals surface area contributed by atoms with Crippen molar-refractivity contribution in [3.63, 3.8) is 0 Å². The van der Waals surface area contributed by atoms with Crippen LogP contribution in [0.3, 0.4) is 0 Å². The van der Waals surface area contributed by atoms with Gasteiger partial charge in [-0.15, -0.1) is 0 Å². The van der Waals surface area contributed by atoms with Crippen LogP contribution in [0.5, 0.6) is 0 Å². The summed E-state index contributed by atoms with van der Waals surface area (Å²) >= 11 is 0. The molecule has 0 spiro atoms. The van der Waals surface area contributed by atoms with Crippen molar-refractivity contribution in [1.29, 1.82) is 0 Å². The van der Waals surface area contributed by atoms with Gasteiger partial charge >= 0.3 is 5.97 Å². The van der Waals surface area contributed by atoms with E-state index < -0.39 is 5.97 Å². The molecule has 1 amide bonds. The normalized spacial score (nSPS) is 12.8. The summed E-state index contributed by atoms with van der Waals surface area (Å²) in [5.41, 5.74) is 5.74. The Balaban J connectivity index is 1.54. The van der Waals surface area contributed by atoms with Gasteiger partial charge < -0.3 is 20.7 Å². The van der Waals surface area contributed by atoms with Gasteiger partial charge in [0.2, 0.25) is 0 Å². The monoisotopic (exact) mass is 498 g/mol. The summed E-state index contributed by atoms with van der Waals surface area (Å²) in [4.78, 5) is 30.2. The Morgan fingerprint density at radius 3 is 2.62 bits per heavy atom. The number of para-hydroxylation sites is 1. The molecule has 9 nitrogen and oxygen atoms in total. The molecule has 37 heavy (non-hydrogen) atoms. The fourth-order valence-corrected chi connectivity index (χ4v) is 4.33. The number of carbonyl (C=O) groups is 2. The molecule has 2 aromatic carbocycles. The summed E-state index contributed by atoms with van der Waals surface area (Å²) in [6.45, 7) is 6.25. The molecule has 0 aliphatic heterocycles. The molecule has 0 saturated heterocycles. The van der Waals surface area contributed by atoms with Gasteiger partial charge in [0.1, 0.15) is 11.8 Å². The zero-order valence-corrected chi connectivity index (χ0v) is 21.2. The average molecular weight is 499 g/mol. The van der Waals surface area contributed by atoms with Crippen molar-refractivity contribution in [2.24, 2.45) is 0 Å². The highest BCUT2D eigenvalue weighted by Crippen LogP contribution is 2.31. The summed E-state index contributed by atoms with van der Waals surface area (Å²) in [7, 11) is 0. The minimum absolute atomic E-state index is 0.0869. The second kappa shape index (κ2) is 10.3. The van der Waals surface area contributed by atoms with Crippen LogP contribution < -0.4 is 16.0 Å². The number of aryl methyl sites for hydroxylation is 2. The first-order valence-corrected chi connectivity index (χ1v) is 12.5. The van der Waals surface area contributed by atoms with Crippen molar-refractivity contribution in [3.05, 3.63) is 82.8 Å². The summed E-state index contributed by atoms with van der Waals surface area (Å²) < 4.78 is 7.12. The van der Waals surface area contributed by atoms with Crippen LogP contribution in [-0.2, 0) is 11.3 Å². The number of aromatic nitrogens is 3. The number of nitrogens with one attached hydrogen (secondary N) is 3. The van der Waals surface area contributed by atoms with E-state index in [1.54, 1.807) is 11.4 Å². The third kappa shape index (κ3) is 5.11. The number of ether oxygens (including phenoxy) is 1. The van der Waals surface area contributed by atoms with Crippen molar-refractivity contribution in [2.75, 3.05) is 17.2 Å². The van der Waals surface area contributed by atoms with Crippen molar-refractivity contribution < 1.29 is 14.3 Å². The molecule has 2 heterocycles.